The highest BCUT2D eigenvalue weighted by Gasteiger charge is 2.29. The molecule has 1 aliphatic heterocycles. The number of carbonyl (C=O) groups is 2. The summed E-state index contributed by atoms with van der Waals surface area (Å²) < 4.78 is 37.0. The van der Waals surface area contributed by atoms with Crippen LogP contribution >= 0.6 is 11.8 Å². The summed E-state index contributed by atoms with van der Waals surface area (Å²) in [6.45, 7) is 4.89. The molecule has 0 unspecified atom stereocenters. The smallest absolute Gasteiger partial charge is 0.355 e. The van der Waals surface area contributed by atoms with Crippen LogP contribution in [0.2, 0.25) is 0 Å². The van der Waals surface area contributed by atoms with Crippen molar-refractivity contribution in [1.82, 2.24) is 15.1 Å². The van der Waals surface area contributed by atoms with Gasteiger partial charge in [0.15, 0.2) is 0 Å². The average molecular weight is 375 g/mol. The van der Waals surface area contributed by atoms with E-state index in [2.05, 4.69) is 5.32 Å². The first-order chi connectivity index (χ1) is 11.8. The molecule has 25 heavy (non-hydrogen) atoms. The van der Waals surface area contributed by atoms with Gasteiger partial charge in [-0.25, -0.2) is 0 Å². The highest BCUT2D eigenvalue weighted by molar-refractivity contribution is 8.00. The van der Waals surface area contributed by atoms with Crippen LogP contribution in [0.1, 0.15) is 17.3 Å². The topological polar surface area (TPSA) is 52.7 Å². The van der Waals surface area contributed by atoms with Crippen molar-refractivity contribution in [2.24, 2.45) is 0 Å². The normalized spacial score (nSPS) is 15.9. The summed E-state index contributed by atoms with van der Waals surface area (Å²) >= 11 is -0.203. The van der Waals surface area contributed by atoms with Crippen LogP contribution in [-0.2, 0) is 4.79 Å². The van der Waals surface area contributed by atoms with Crippen molar-refractivity contribution in [2.75, 3.05) is 39.3 Å². The van der Waals surface area contributed by atoms with Crippen LogP contribution < -0.4 is 5.32 Å². The SMILES string of the molecule is CCNC(=O)CN1CCN(C(=O)c2ccc(SC(F)(F)F)cc2)CC1. The Morgan fingerprint density at radius 1 is 1.12 bits per heavy atom. The van der Waals surface area contributed by atoms with Gasteiger partial charge in [-0.15, -0.1) is 0 Å². The molecule has 5 nitrogen and oxygen atoms in total. The zero-order valence-corrected chi connectivity index (χ0v) is 14.6. The molecule has 0 radical (unpaired) electrons. The van der Waals surface area contributed by atoms with Crippen LogP contribution in [0, 0.1) is 0 Å². The molecule has 2 amide bonds. The van der Waals surface area contributed by atoms with Gasteiger partial charge < -0.3 is 10.2 Å². The number of rotatable bonds is 5. The first kappa shape index (κ1) is 19.6. The Bertz CT molecular complexity index is 600. The van der Waals surface area contributed by atoms with Gasteiger partial charge in [0, 0.05) is 43.2 Å². The van der Waals surface area contributed by atoms with Gasteiger partial charge in [0.05, 0.1) is 6.54 Å². The number of nitrogens with one attached hydrogen (secondary N) is 1. The van der Waals surface area contributed by atoms with Crippen molar-refractivity contribution in [3.05, 3.63) is 29.8 Å². The summed E-state index contributed by atoms with van der Waals surface area (Å²) in [6, 6.07) is 5.43. The van der Waals surface area contributed by atoms with Gasteiger partial charge in [-0.05, 0) is 43.0 Å². The van der Waals surface area contributed by atoms with Crippen molar-refractivity contribution in [1.29, 1.82) is 0 Å². The van der Waals surface area contributed by atoms with Crippen LogP contribution in [0.5, 0.6) is 0 Å². The van der Waals surface area contributed by atoms with Gasteiger partial charge in [0.25, 0.3) is 5.91 Å². The lowest BCUT2D eigenvalue weighted by Gasteiger charge is -2.34. The molecule has 0 saturated carbocycles. The quantitative estimate of drug-likeness (QED) is 0.802. The second-order valence-electron chi connectivity index (χ2n) is 5.59. The Hall–Kier alpha value is -1.74. The number of carbonyl (C=O) groups excluding carboxylic acids is 2. The van der Waals surface area contributed by atoms with Gasteiger partial charge in [0.2, 0.25) is 5.91 Å². The molecule has 1 aromatic carbocycles. The molecule has 2 rings (SSSR count). The van der Waals surface area contributed by atoms with E-state index in [1.807, 2.05) is 11.8 Å². The highest BCUT2D eigenvalue weighted by Crippen LogP contribution is 2.36. The van der Waals surface area contributed by atoms with Crippen molar-refractivity contribution >= 4 is 23.6 Å². The number of alkyl halides is 3. The predicted octanol–water partition coefficient (Wildman–Crippen LogP) is 2.19. The number of nitrogens with zero attached hydrogens (tertiary/aromatic N) is 2. The van der Waals surface area contributed by atoms with Crippen LogP contribution in [-0.4, -0.2) is 66.4 Å². The van der Waals surface area contributed by atoms with Gasteiger partial charge in [-0.3, -0.25) is 14.5 Å². The molecule has 1 N–H and O–H groups in total. The van der Waals surface area contributed by atoms with Gasteiger partial charge in [0.1, 0.15) is 0 Å². The standard InChI is InChI=1S/C16H20F3N3O2S/c1-2-20-14(23)11-21-7-9-22(10-8-21)15(24)12-3-5-13(6-4-12)25-16(17,18)19/h3-6H,2,7-11H2,1H3,(H,20,23). The summed E-state index contributed by atoms with van der Waals surface area (Å²) in [5.74, 6) is -0.249. The van der Waals surface area contributed by atoms with Crippen molar-refractivity contribution < 1.29 is 22.8 Å². The van der Waals surface area contributed by atoms with E-state index >= 15 is 0 Å². The lowest BCUT2D eigenvalue weighted by molar-refractivity contribution is -0.122. The predicted molar refractivity (Wildman–Crippen MR) is 89.4 cm³/mol. The third-order valence-electron chi connectivity index (χ3n) is 3.74. The average Bonchev–Trinajstić information content (AvgIpc) is 2.54. The van der Waals surface area contributed by atoms with Crippen LogP contribution in [0.25, 0.3) is 0 Å². The Kier molecular flexibility index (Phi) is 6.71. The van der Waals surface area contributed by atoms with E-state index in [0.717, 1.165) is 0 Å². The van der Waals surface area contributed by atoms with E-state index in [-0.39, 0.29) is 28.5 Å². The maximum atomic E-state index is 12.4. The minimum atomic E-state index is -4.34. The molecule has 0 spiro atoms. The van der Waals surface area contributed by atoms with Gasteiger partial charge >= 0.3 is 5.51 Å². The van der Waals surface area contributed by atoms with Gasteiger partial charge in [-0.2, -0.15) is 13.2 Å². The second-order valence-corrected chi connectivity index (χ2v) is 6.73. The van der Waals surface area contributed by atoms with Crippen LogP contribution in [0.15, 0.2) is 29.2 Å². The largest absolute Gasteiger partial charge is 0.446 e. The van der Waals surface area contributed by atoms with E-state index in [4.69, 9.17) is 0 Å². The number of piperazine rings is 1. The molecular formula is C16H20F3N3O2S. The molecule has 1 heterocycles. The van der Waals surface area contributed by atoms with E-state index < -0.39 is 5.51 Å². The Balaban J connectivity index is 1.86. The fraction of sp³-hybridized carbons (Fsp3) is 0.500. The zero-order chi connectivity index (χ0) is 18.4. The summed E-state index contributed by atoms with van der Waals surface area (Å²) in [4.78, 5) is 27.7. The van der Waals surface area contributed by atoms with Crippen molar-refractivity contribution in [3.63, 3.8) is 0 Å². The number of benzene rings is 1. The summed E-state index contributed by atoms with van der Waals surface area (Å²) in [6.07, 6.45) is 0. The Labute approximate surface area is 148 Å². The van der Waals surface area contributed by atoms with E-state index in [9.17, 15) is 22.8 Å². The van der Waals surface area contributed by atoms with Gasteiger partial charge in [-0.1, -0.05) is 0 Å². The number of hydrogen-bond acceptors (Lipinski definition) is 4. The molecule has 1 aromatic rings. The minimum Gasteiger partial charge on any atom is -0.355 e. The van der Waals surface area contributed by atoms with Crippen molar-refractivity contribution in [3.8, 4) is 0 Å². The number of hydrogen-bond donors (Lipinski definition) is 1. The second kappa shape index (κ2) is 8.57. The van der Waals surface area contributed by atoms with Crippen molar-refractivity contribution in [2.45, 2.75) is 17.3 Å². The summed E-state index contributed by atoms with van der Waals surface area (Å²) in [5, 5.41) is 2.73. The first-order valence-corrected chi connectivity index (χ1v) is 8.74. The van der Waals surface area contributed by atoms with E-state index in [0.29, 0.717) is 44.8 Å². The summed E-state index contributed by atoms with van der Waals surface area (Å²) in [5.41, 5.74) is -3.98. The molecule has 1 fully saturated rings. The highest BCUT2D eigenvalue weighted by atomic mass is 32.2. The molecule has 9 heteroatoms. The molecule has 0 bridgehead atoms. The molecule has 138 valence electrons. The van der Waals surface area contributed by atoms with Crippen LogP contribution in [0.3, 0.4) is 0 Å². The van der Waals surface area contributed by atoms with E-state index in [1.165, 1.54) is 24.3 Å². The minimum absolute atomic E-state index is 0.0416. The van der Waals surface area contributed by atoms with Crippen LogP contribution in [0.4, 0.5) is 13.2 Å². The maximum Gasteiger partial charge on any atom is 0.446 e. The third kappa shape index (κ3) is 6.24. The summed E-state index contributed by atoms with van der Waals surface area (Å²) in [7, 11) is 0. The number of halogens is 3. The zero-order valence-electron chi connectivity index (χ0n) is 13.8. The first-order valence-electron chi connectivity index (χ1n) is 7.92. The monoisotopic (exact) mass is 375 g/mol. The number of likely N-dealkylation sites (N-methyl/N-ethyl adjacent to an activating group) is 1. The van der Waals surface area contributed by atoms with E-state index in [1.54, 1.807) is 4.90 Å². The Morgan fingerprint density at radius 3 is 2.24 bits per heavy atom. The molecule has 0 aromatic heterocycles. The molecule has 1 aliphatic rings. The molecule has 0 atom stereocenters. The lowest BCUT2D eigenvalue weighted by Crippen LogP contribution is -2.51. The number of amides is 2. The maximum absolute atomic E-state index is 12.4. The fourth-order valence-electron chi connectivity index (χ4n) is 2.55. The Morgan fingerprint density at radius 2 is 1.72 bits per heavy atom. The molecular weight excluding hydrogens is 355 g/mol. The third-order valence-corrected chi connectivity index (χ3v) is 4.47. The molecule has 1 saturated heterocycles. The lowest BCUT2D eigenvalue weighted by atomic mass is 10.2. The number of thioether (sulfide) groups is 1. The molecule has 0 aliphatic carbocycles. The fourth-order valence-corrected chi connectivity index (χ4v) is 3.09.